The zero-order valence-electron chi connectivity index (χ0n) is 14.7. The highest BCUT2D eigenvalue weighted by Gasteiger charge is 2.19. The Morgan fingerprint density at radius 3 is 2.89 bits per heavy atom. The first-order valence-electron chi connectivity index (χ1n) is 8.75. The molecule has 0 saturated heterocycles. The molecule has 0 radical (unpaired) electrons. The molecule has 1 fully saturated rings. The van der Waals surface area contributed by atoms with Gasteiger partial charge in [-0.2, -0.15) is 0 Å². The van der Waals surface area contributed by atoms with E-state index in [4.69, 9.17) is 8.94 Å². The van der Waals surface area contributed by atoms with Gasteiger partial charge in [0.2, 0.25) is 16.8 Å². The summed E-state index contributed by atoms with van der Waals surface area (Å²) in [4.78, 5) is 24.2. The number of hydrogen-bond acceptors (Lipinski definition) is 9. The van der Waals surface area contributed by atoms with E-state index in [-0.39, 0.29) is 17.4 Å². The summed E-state index contributed by atoms with van der Waals surface area (Å²) in [5, 5.41) is 17.6. The molecule has 3 aromatic rings. The zero-order chi connectivity index (χ0) is 19.3. The number of thioether (sulfide) groups is 1. The predicted octanol–water partition coefficient (Wildman–Crippen LogP) is 3.19. The molecular weight excluding hydrogens is 402 g/mol. The second kappa shape index (κ2) is 8.57. The van der Waals surface area contributed by atoms with Crippen LogP contribution in [0.2, 0.25) is 0 Å². The number of hydrogen-bond donors (Lipinski definition) is 2. The monoisotopic (exact) mass is 419 g/mol. The van der Waals surface area contributed by atoms with Crippen LogP contribution in [0.25, 0.3) is 11.5 Å². The largest absolute Gasteiger partial charge is 0.461 e. The van der Waals surface area contributed by atoms with E-state index in [1.54, 1.807) is 12.1 Å². The summed E-state index contributed by atoms with van der Waals surface area (Å²) in [6.07, 6.45) is 5.95. The van der Waals surface area contributed by atoms with Gasteiger partial charge in [-0.05, 0) is 25.0 Å². The van der Waals surface area contributed by atoms with E-state index in [1.807, 2.05) is 0 Å². The first kappa shape index (κ1) is 18.7. The Hall–Kier alpha value is -2.66. The Morgan fingerprint density at radius 2 is 2.11 bits per heavy atom. The van der Waals surface area contributed by atoms with Gasteiger partial charge in [-0.15, -0.1) is 10.2 Å². The van der Waals surface area contributed by atoms with E-state index in [0.717, 1.165) is 12.8 Å². The van der Waals surface area contributed by atoms with Crippen molar-refractivity contribution in [2.45, 2.75) is 36.1 Å². The quantitative estimate of drug-likeness (QED) is 0.442. The number of carbonyl (C=O) groups excluding carboxylic acids is 2. The highest BCUT2D eigenvalue weighted by Crippen LogP contribution is 2.26. The lowest BCUT2D eigenvalue weighted by Crippen LogP contribution is -2.33. The second-order valence-electron chi connectivity index (χ2n) is 6.22. The van der Waals surface area contributed by atoms with Gasteiger partial charge in [0.1, 0.15) is 0 Å². The van der Waals surface area contributed by atoms with Crippen LogP contribution in [0.3, 0.4) is 0 Å². The van der Waals surface area contributed by atoms with Gasteiger partial charge in [0.15, 0.2) is 15.8 Å². The first-order valence-corrected chi connectivity index (χ1v) is 10.6. The minimum atomic E-state index is -0.465. The van der Waals surface area contributed by atoms with E-state index >= 15 is 0 Å². The van der Waals surface area contributed by atoms with E-state index < -0.39 is 5.91 Å². The second-order valence-corrected chi connectivity index (χ2v) is 8.42. The molecule has 2 N–H and O–H groups in total. The average molecular weight is 419 g/mol. The van der Waals surface area contributed by atoms with Gasteiger partial charge < -0.3 is 14.3 Å². The van der Waals surface area contributed by atoms with Crippen LogP contribution in [-0.2, 0) is 4.79 Å². The number of nitrogens with zero attached hydrogens (tertiary/aromatic N) is 3. The molecule has 0 spiro atoms. The summed E-state index contributed by atoms with van der Waals surface area (Å²) in [7, 11) is 0. The lowest BCUT2D eigenvalue weighted by atomic mass is 10.2. The van der Waals surface area contributed by atoms with Crippen LogP contribution < -0.4 is 10.6 Å². The normalized spacial score (nSPS) is 14.3. The molecule has 0 atom stereocenters. The fourth-order valence-corrected chi connectivity index (χ4v) is 4.42. The Balaban J connectivity index is 1.28. The zero-order valence-corrected chi connectivity index (χ0v) is 16.3. The van der Waals surface area contributed by atoms with Crippen molar-refractivity contribution in [1.29, 1.82) is 0 Å². The molecule has 1 aliphatic carbocycles. The highest BCUT2D eigenvalue weighted by atomic mass is 32.2. The lowest BCUT2D eigenvalue weighted by molar-refractivity contribution is -0.119. The lowest BCUT2D eigenvalue weighted by Gasteiger charge is -2.10. The Kier molecular flexibility index (Phi) is 5.72. The molecule has 4 rings (SSSR count). The Morgan fingerprint density at radius 1 is 1.25 bits per heavy atom. The van der Waals surface area contributed by atoms with Crippen molar-refractivity contribution in [2.75, 3.05) is 11.1 Å². The number of rotatable bonds is 7. The molecule has 1 aliphatic rings. The SMILES string of the molecule is O=C(CSc1nnc(NC(=O)c2cc(-c3ccco3)on2)s1)NC1CCCC1. The molecule has 0 aromatic carbocycles. The highest BCUT2D eigenvalue weighted by molar-refractivity contribution is 8.01. The number of nitrogens with one attached hydrogen (secondary N) is 2. The molecule has 1 saturated carbocycles. The molecule has 3 heterocycles. The van der Waals surface area contributed by atoms with Gasteiger partial charge in [-0.25, -0.2) is 0 Å². The maximum atomic E-state index is 12.3. The summed E-state index contributed by atoms with van der Waals surface area (Å²) in [6.45, 7) is 0. The van der Waals surface area contributed by atoms with Crippen LogP contribution in [0.15, 0.2) is 37.7 Å². The number of anilines is 1. The van der Waals surface area contributed by atoms with Gasteiger partial charge in [0.05, 0.1) is 12.0 Å². The Bertz CT molecular complexity index is 947. The van der Waals surface area contributed by atoms with Crippen LogP contribution in [-0.4, -0.2) is 39.0 Å². The predicted molar refractivity (Wildman–Crippen MR) is 103 cm³/mol. The number of furan rings is 1. The molecule has 0 aliphatic heterocycles. The van der Waals surface area contributed by atoms with Crippen molar-refractivity contribution < 1.29 is 18.5 Å². The number of amides is 2. The Labute approximate surface area is 168 Å². The van der Waals surface area contributed by atoms with Crippen LogP contribution in [0.1, 0.15) is 36.2 Å². The fourth-order valence-electron chi connectivity index (χ4n) is 2.86. The standard InChI is InChI=1S/C17H17N5O4S2/c23-14(18-10-4-1-2-5-10)9-27-17-21-20-16(28-17)19-15(24)11-8-13(26-22-11)12-6-3-7-25-12/h3,6-8,10H,1-2,4-5,9H2,(H,18,23)(H,19,20,24). The summed E-state index contributed by atoms with van der Waals surface area (Å²) >= 11 is 2.49. The fraction of sp³-hybridized carbons (Fsp3) is 0.353. The van der Waals surface area contributed by atoms with Gasteiger partial charge in [-0.3, -0.25) is 14.9 Å². The molecule has 0 unspecified atom stereocenters. The molecule has 2 amide bonds. The van der Waals surface area contributed by atoms with Crippen LogP contribution in [0, 0.1) is 0 Å². The van der Waals surface area contributed by atoms with Crippen LogP contribution in [0.4, 0.5) is 5.13 Å². The minimum Gasteiger partial charge on any atom is -0.461 e. The third-order valence-electron chi connectivity index (χ3n) is 4.18. The number of carbonyl (C=O) groups is 2. The van der Waals surface area contributed by atoms with Gasteiger partial charge >= 0.3 is 0 Å². The smallest absolute Gasteiger partial charge is 0.279 e. The van der Waals surface area contributed by atoms with Crippen molar-refractivity contribution in [3.8, 4) is 11.5 Å². The summed E-state index contributed by atoms with van der Waals surface area (Å²) < 4.78 is 10.9. The molecule has 9 nitrogen and oxygen atoms in total. The first-order chi connectivity index (χ1) is 13.7. The van der Waals surface area contributed by atoms with Crippen molar-refractivity contribution in [3.05, 3.63) is 30.2 Å². The van der Waals surface area contributed by atoms with Gasteiger partial charge in [0.25, 0.3) is 5.91 Å². The average Bonchev–Trinajstić information content (AvgIpc) is 3.47. The molecule has 146 valence electrons. The van der Waals surface area contributed by atoms with Crippen LogP contribution in [0.5, 0.6) is 0 Å². The maximum Gasteiger partial charge on any atom is 0.279 e. The van der Waals surface area contributed by atoms with Gasteiger partial charge in [0, 0.05) is 12.1 Å². The summed E-state index contributed by atoms with van der Waals surface area (Å²) in [5.41, 5.74) is 0.103. The minimum absolute atomic E-state index is 0.00858. The van der Waals surface area contributed by atoms with Crippen molar-refractivity contribution in [2.24, 2.45) is 0 Å². The third-order valence-corrected chi connectivity index (χ3v) is 6.15. The van der Waals surface area contributed by atoms with Crippen molar-refractivity contribution in [1.82, 2.24) is 20.7 Å². The topological polar surface area (TPSA) is 123 Å². The molecular formula is C17H17N5O4S2. The third kappa shape index (κ3) is 4.60. The van der Waals surface area contributed by atoms with Gasteiger partial charge in [-0.1, -0.05) is 41.1 Å². The molecule has 3 aromatic heterocycles. The van der Waals surface area contributed by atoms with Crippen molar-refractivity contribution in [3.63, 3.8) is 0 Å². The summed E-state index contributed by atoms with van der Waals surface area (Å²) in [6, 6.07) is 5.20. The molecule has 11 heteroatoms. The van der Waals surface area contributed by atoms with E-state index in [2.05, 4.69) is 26.0 Å². The van der Waals surface area contributed by atoms with E-state index in [1.165, 1.54) is 48.3 Å². The van der Waals surface area contributed by atoms with Crippen molar-refractivity contribution >= 4 is 40.0 Å². The van der Waals surface area contributed by atoms with E-state index in [0.29, 0.717) is 27.0 Å². The van der Waals surface area contributed by atoms with E-state index in [9.17, 15) is 9.59 Å². The summed E-state index contributed by atoms with van der Waals surface area (Å²) in [5.74, 6) is 0.641. The molecule has 0 bridgehead atoms. The molecule has 28 heavy (non-hydrogen) atoms. The maximum absolute atomic E-state index is 12.3. The number of aromatic nitrogens is 3. The van der Waals surface area contributed by atoms with Crippen LogP contribution >= 0.6 is 23.1 Å².